The molecule has 1 atom stereocenters. The van der Waals surface area contributed by atoms with E-state index in [0.717, 1.165) is 18.4 Å². The van der Waals surface area contributed by atoms with Crippen molar-refractivity contribution in [1.82, 2.24) is 4.90 Å². The average molecular weight is 303 g/mol. The molecule has 1 amide bonds. The van der Waals surface area contributed by atoms with Crippen molar-refractivity contribution in [3.8, 4) is 0 Å². The average Bonchev–Trinajstić information content (AvgIpc) is 2.55. The molecule has 0 spiro atoms. The summed E-state index contributed by atoms with van der Waals surface area (Å²) in [5.41, 5.74) is 0.517. The molecule has 1 saturated carbocycles. The number of carbonyl (C=O) groups excluding carboxylic acids is 1. The van der Waals surface area contributed by atoms with Gasteiger partial charge in [-0.3, -0.25) is 4.79 Å². The number of hydrogen-bond donors (Lipinski definition) is 1. The lowest BCUT2D eigenvalue weighted by molar-refractivity contribution is -0.144. The van der Waals surface area contributed by atoms with Gasteiger partial charge in [0.25, 0.3) is 0 Å². The van der Waals surface area contributed by atoms with Crippen LogP contribution in [0.1, 0.15) is 57.6 Å². The Balaban J connectivity index is 1.98. The summed E-state index contributed by atoms with van der Waals surface area (Å²) in [6.45, 7) is 4.48. The maximum Gasteiger partial charge on any atom is 0.228 e. The Morgan fingerprint density at radius 2 is 1.82 bits per heavy atom. The van der Waals surface area contributed by atoms with Gasteiger partial charge in [0, 0.05) is 12.5 Å². The molecule has 3 nitrogen and oxygen atoms in total. The zero-order valence-electron chi connectivity index (χ0n) is 14.1. The summed E-state index contributed by atoms with van der Waals surface area (Å²) in [4.78, 5) is 14.5. The van der Waals surface area contributed by atoms with Gasteiger partial charge in [-0.1, -0.05) is 63.4 Å². The highest BCUT2D eigenvalue weighted by molar-refractivity contribution is 5.82. The molecule has 22 heavy (non-hydrogen) atoms. The van der Waals surface area contributed by atoms with E-state index in [1.165, 1.54) is 19.3 Å². The predicted molar refractivity (Wildman–Crippen MR) is 89.4 cm³/mol. The van der Waals surface area contributed by atoms with Crippen LogP contribution >= 0.6 is 0 Å². The molecular formula is C19H29NO2. The Morgan fingerprint density at radius 3 is 2.41 bits per heavy atom. The number of amides is 1. The number of benzene rings is 1. The third kappa shape index (κ3) is 3.89. The lowest BCUT2D eigenvalue weighted by Gasteiger charge is -2.38. The van der Waals surface area contributed by atoms with Crippen molar-refractivity contribution in [1.29, 1.82) is 0 Å². The molecule has 0 saturated heterocycles. The van der Waals surface area contributed by atoms with E-state index in [1.54, 1.807) is 11.9 Å². The van der Waals surface area contributed by atoms with Gasteiger partial charge in [-0.05, 0) is 24.3 Å². The molecule has 1 N–H and O–H groups in total. The highest BCUT2D eigenvalue weighted by Gasteiger charge is 2.39. The lowest BCUT2D eigenvalue weighted by atomic mass is 9.70. The summed E-state index contributed by atoms with van der Waals surface area (Å²) in [5, 5.41) is 10.3. The van der Waals surface area contributed by atoms with Crippen LogP contribution in [0.5, 0.6) is 0 Å². The first kappa shape index (κ1) is 17.0. The van der Waals surface area contributed by atoms with E-state index in [4.69, 9.17) is 0 Å². The zero-order chi connectivity index (χ0) is 16.2. The van der Waals surface area contributed by atoms with Crippen molar-refractivity contribution in [2.75, 3.05) is 13.6 Å². The predicted octanol–water partition coefficient (Wildman–Crippen LogP) is 3.78. The number of nitrogens with zero attached hydrogens (tertiary/aromatic N) is 1. The maximum absolute atomic E-state index is 12.8. The van der Waals surface area contributed by atoms with Crippen molar-refractivity contribution in [2.45, 2.75) is 52.1 Å². The largest absolute Gasteiger partial charge is 0.387 e. The van der Waals surface area contributed by atoms with Crippen molar-refractivity contribution < 1.29 is 9.90 Å². The fourth-order valence-corrected chi connectivity index (χ4v) is 3.61. The van der Waals surface area contributed by atoms with Crippen LogP contribution < -0.4 is 0 Å². The van der Waals surface area contributed by atoms with Gasteiger partial charge in [-0.2, -0.15) is 0 Å². The first-order valence-corrected chi connectivity index (χ1v) is 8.41. The molecule has 122 valence electrons. The molecule has 2 rings (SSSR count). The van der Waals surface area contributed by atoms with Crippen LogP contribution in [0.25, 0.3) is 0 Å². The standard InChI is InChI=1S/C19H29NO2/c1-19(2,16-12-8-5-9-13-16)18(22)20(3)14-17(21)15-10-6-4-7-11-15/h4,6-7,10-11,16-17,21H,5,8-9,12-14H2,1-3H3/t17-/m1/s1. The molecule has 1 aromatic carbocycles. The molecule has 0 aromatic heterocycles. The Morgan fingerprint density at radius 1 is 1.23 bits per heavy atom. The van der Waals surface area contributed by atoms with Crippen LogP contribution in [0.3, 0.4) is 0 Å². The Bertz CT molecular complexity index is 477. The molecule has 1 aromatic rings. The third-order valence-corrected chi connectivity index (χ3v) is 5.15. The number of rotatable bonds is 5. The third-order valence-electron chi connectivity index (χ3n) is 5.15. The van der Waals surface area contributed by atoms with E-state index in [1.807, 2.05) is 30.3 Å². The van der Waals surface area contributed by atoms with Crippen LogP contribution in [0.2, 0.25) is 0 Å². The lowest BCUT2D eigenvalue weighted by Crippen LogP contribution is -2.44. The fraction of sp³-hybridized carbons (Fsp3) is 0.632. The van der Waals surface area contributed by atoms with Crippen LogP contribution in [0, 0.1) is 11.3 Å². The molecule has 0 bridgehead atoms. The van der Waals surface area contributed by atoms with Crippen LogP contribution in [0.15, 0.2) is 30.3 Å². The van der Waals surface area contributed by atoms with E-state index in [0.29, 0.717) is 12.5 Å². The van der Waals surface area contributed by atoms with Crippen molar-refractivity contribution in [2.24, 2.45) is 11.3 Å². The SMILES string of the molecule is CN(C[C@@H](O)c1ccccc1)C(=O)C(C)(C)C1CCCCC1. The minimum Gasteiger partial charge on any atom is -0.387 e. The second-order valence-corrected chi connectivity index (χ2v) is 7.17. The quantitative estimate of drug-likeness (QED) is 0.899. The van der Waals surface area contributed by atoms with Gasteiger partial charge in [-0.25, -0.2) is 0 Å². The van der Waals surface area contributed by atoms with Crippen LogP contribution in [-0.2, 0) is 4.79 Å². The molecule has 0 unspecified atom stereocenters. The van der Waals surface area contributed by atoms with Gasteiger partial charge in [-0.15, -0.1) is 0 Å². The van der Waals surface area contributed by atoms with Crippen LogP contribution in [-0.4, -0.2) is 29.5 Å². The highest BCUT2D eigenvalue weighted by Crippen LogP contribution is 2.39. The molecule has 1 aliphatic rings. The van der Waals surface area contributed by atoms with Gasteiger partial charge in [0.2, 0.25) is 5.91 Å². The van der Waals surface area contributed by atoms with Gasteiger partial charge >= 0.3 is 0 Å². The molecule has 1 fully saturated rings. The normalized spacial score (nSPS) is 18.0. The smallest absolute Gasteiger partial charge is 0.228 e. The van der Waals surface area contributed by atoms with E-state index in [9.17, 15) is 9.90 Å². The Labute approximate surface area is 134 Å². The van der Waals surface area contributed by atoms with Gasteiger partial charge in [0.15, 0.2) is 0 Å². The van der Waals surface area contributed by atoms with E-state index in [-0.39, 0.29) is 11.3 Å². The van der Waals surface area contributed by atoms with E-state index in [2.05, 4.69) is 13.8 Å². The fourth-order valence-electron chi connectivity index (χ4n) is 3.61. The van der Waals surface area contributed by atoms with E-state index >= 15 is 0 Å². The Kier molecular flexibility index (Phi) is 5.63. The van der Waals surface area contributed by atoms with Crippen molar-refractivity contribution in [3.05, 3.63) is 35.9 Å². The van der Waals surface area contributed by atoms with Gasteiger partial charge < -0.3 is 10.0 Å². The summed E-state index contributed by atoms with van der Waals surface area (Å²) in [7, 11) is 1.80. The zero-order valence-corrected chi connectivity index (χ0v) is 14.1. The summed E-state index contributed by atoms with van der Waals surface area (Å²) < 4.78 is 0. The molecular weight excluding hydrogens is 274 g/mol. The molecule has 0 radical (unpaired) electrons. The first-order chi connectivity index (χ1) is 10.4. The topological polar surface area (TPSA) is 40.5 Å². The van der Waals surface area contributed by atoms with Crippen molar-refractivity contribution >= 4 is 5.91 Å². The number of hydrogen-bond acceptors (Lipinski definition) is 2. The molecule has 1 aliphatic carbocycles. The Hall–Kier alpha value is -1.35. The second-order valence-electron chi connectivity index (χ2n) is 7.17. The minimum absolute atomic E-state index is 0.148. The first-order valence-electron chi connectivity index (χ1n) is 8.41. The summed E-state index contributed by atoms with van der Waals surface area (Å²) in [5.74, 6) is 0.611. The summed E-state index contributed by atoms with van der Waals surface area (Å²) >= 11 is 0. The summed E-state index contributed by atoms with van der Waals surface area (Å²) in [6, 6.07) is 9.54. The number of aliphatic hydroxyl groups is 1. The van der Waals surface area contributed by atoms with E-state index < -0.39 is 6.10 Å². The molecule has 3 heteroatoms. The number of carbonyl (C=O) groups is 1. The van der Waals surface area contributed by atoms with Gasteiger partial charge in [0.05, 0.1) is 12.6 Å². The monoisotopic (exact) mass is 303 g/mol. The minimum atomic E-state index is -0.627. The second kappa shape index (κ2) is 7.28. The highest BCUT2D eigenvalue weighted by atomic mass is 16.3. The maximum atomic E-state index is 12.8. The summed E-state index contributed by atoms with van der Waals surface area (Å²) in [6.07, 6.45) is 5.43. The molecule has 0 aliphatic heterocycles. The number of aliphatic hydroxyl groups excluding tert-OH is 1. The van der Waals surface area contributed by atoms with Crippen LogP contribution in [0.4, 0.5) is 0 Å². The van der Waals surface area contributed by atoms with Gasteiger partial charge in [0.1, 0.15) is 0 Å². The molecule has 0 heterocycles. The number of likely N-dealkylation sites (N-methyl/N-ethyl adjacent to an activating group) is 1. The van der Waals surface area contributed by atoms with Crippen molar-refractivity contribution in [3.63, 3.8) is 0 Å².